The van der Waals surface area contributed by atoms with Gasteiger partial charge >= 0.3 is 0 Å². The summed E-state index contributed by atoms with van der Waals surface area (Å²) in [5.41, 5.74) is 2.99. The Morgan fingerprint density at radius 1 is 1.15 bits per heavy atom. The normalized spacial score (nSPS) is 11.0. The van der Waals surface area contributed by atoms with Crippen molar-refractivity contribution in [1.29, 1.82) is 0 Å². The molecule has 2 rings (SSSR count). The van der Waals surface area contributed by atoms with E-state index >= 15 is 0 Å². The van der Waals surface area contributed by atoms with Crippen molar-refractivity contribution in [3.8, 4) is 5.75 Å². The number of fused-ring (bicyclic) bond motifs is 1. The molecule has 0 aliphatic carbocycles. The summed E-state index contributed by atoms with van der Waals surface area (Å²) in [6, 6.07) is 3.41. The molecule has 0 saturated carbocycles. The molecule has 13 heavy (non-hydrogen) atoms. The molecule has 0 unspecified atom stereocenters. The van der Waals surface area contributed by atoms with Crippen LogP contribution in [0.15, 0.2) is 16.5 Å². The largest absolute Gasteiger partial charge is 0.508 e. The Balaban J connectivity index is 2.94. The zero-order valence-electron chi connectivity index (χ0n) is 8.01. The van der Waals surface area contributed by atoms with Crippen molar-refractivity contribution < 1.29 is 9.52 Å². The molecule has 1 N–H and O–H groups in total. The summed E-state index contributed by atoms with van der Waals surface area (Å²) in [4.78, 5) is 0. The van der Waals surface area contributed by atoms with Crippen molar-refractivity contribution in [3.63, 3.8) is 0 Å². The lowest BCUT2D eigenvalue weighted by atomic mass is 10.1. The van der Waals surface area contributed by atoms with Crippen LogP contribution in [0, 0.1) is 20.8 Å². The van der Waals surface area contributed by atoms with Gasteiger partial charge < -0.3 is 9.52 Å². The third-order valence-electron chi connectivity index (χ3n) is 2.45. The molecule has 2 aromatic rings. The minimum Gasteiger partial charge on any atom is -0.508 e. The summed E-state index contributed by atoms with van der Waals surface area (Å²) in [6.07, 6.45) is 0. The fourth-order valence-corrected chi connectivity index (χ4v) is 1.72. The molecule has 2 nitrogen and oxygen atoms in total. The number of rotatable bonds is 0. The molecule has 0 aliphatic heterocycles. The van der Waals surface area contributed by atoms with E-state index in [-0.39, 0.29) is 5.75 Å². The highest BCUT2D eigenvalue weighted by atomic mass is 16.3. The van der Waals surface area contributed by atoms with Gasteiger partial charge in [-0.3, -0.25) is 0 Å². The summed E-state index contributed by atoms with van der Waals surface area (Å²) < 4.78 is 5.50. The smallest absolute Gasteiger partial charge is 0.138 e. The van der Waals surface area contributed by atoms with Crippen molar-refractivity contribution in [2.75, 3.05) is 0 Å². The lowest BCUT2D eigenvalue weighted by molar-refractivity contribution is 0.473. The average molecular weight is 176 g/mol. The van der Waals surface area contributed by atoms with E-state index < -0.39 is 0 Å². The van der Waals surface area contributed by atoms with E-state index in [9.17, 15) is 5.11 Å². The predicted molar refractivity (Wildman–Crippen MR) is 52.1 cm³/mol. The SMILES string of the molecule is Cc1oc2cc(O)cc(C)c2c1C. The van der Waals surface area contributed by atoms with E-state index in [4.69, 9.17) is 4.42 Å². The van der Waals surface area contributed by atoms with Gasteiger partial charge in [-0.05, 0) is 38.0 Å². The molecule has 0 atom stereocenters. The fraction of sp³-hybridized carbons (Fsp3) is 0.273. The van der Waals surface area contributed by atoms with Gasteiger partial charge in [0.15, 0.2) is 0 Å². The Morgan fingerprint density at radius 2 is 1.85 bits per heavy atom. The molecule has 0 fully saturated rings. The maximum Gasteiger partial charge on any atom is 0.138 e. The van der Waals surface area contributed by atoms with Crippen LogP contribution in [0.5, 0.6) is 5.75 Å². The average Bonchev–Trinajstić information content (AvgIpc) is 2.27. The van der Waals surface area contributed by atoms with Crippen LogP contribution in [-0.2, 0) is 0 Å². The highest BCUT2D eigenvalue weighted by Crippen LogP contribution is 2.30. The molecule has 1 aromatic carbocycles. The summed E-state index contributed by atoms with van der Waals surface area (Å²) in [6.45, 7) is 5.95. The van der Waals surface area contributed by atoms with Gasteiger partial charge in [0.25, 0.3) is 0 Å². The highest BCUT2D eigenvalue weighted by molar-refractivity contribution is 5.86. The summed E-state index contributed by atoms with van der Waals surface area (Å²) in [5, 5.41) is 10.5. The number of aryl methyl sites for hydroxylation is 3. The van der Waals surface area contributed by atoms with Gasteiger partial charge in [-0.1, -0.05) is 0 Å². The first-order chi connectivity index (χ1) is 6.09. The maximum absolute atomic E-state index is 9.35. The topological polar surface area (TPSA) is 33.4 Å². The molecule has 2 heteroatoms. The molecule has 0 bridgehead atoms. The molecule has 0 aliphatic rings. The first-order valence-corrected chi connectivity index (χ1v) is 4.29. The van der Waals surface area contributed by atoms with E-state index in [2.05, 4.69) is 0 Å². The fourth-order valence-electron chi connectivity index (χ4n) is 1.72. The lowest BCUT2D eigenvalue weighted by Gasteiger charge is -1.97. The Morgan fingerprint density at radius 3 is 2.54 bits per heavy atom. The standard InChI is InChI=1S/C11H12O2/c1-6-4-9(12)5-10-11(6)7(2)8(3)13-10/h4-5,12H,1-3H3. The number of aromatic hydroxyl groups is 1. The Bertz CT molecular complexity index is 466. The van der Waals surface area contributed by atoms with Crippen molar-refractivity contribution in [2.45, 2.75) is 20.8 Å². The van der Waals surface area contributed by atoms with Crippen LogP contribution in [0.3, 0.4) is 0 Å². The zero-order valence-corrected chi connectivity index (χ0v) is 8.01. The van der Waals surface area contributed by atoms with Crippen LogP contribution in [0.1, 0.15) is 16.9 Å². The number of furan rings is 1. The van der Waals surface area contributed by atoms with Gasteiger partial charge in [0, 0.05) is 11.5 Å². The number of hydrogen-bond acceptors (Lipinski definition) is 2. The summed E-state index contributed by atoms with van der Waals surface area (Å²) in [5.74, 6) is 1.18. The Labute approximate surface area is 76.8 Å². The summed E-state index contributed by atoms with van der Waals surface area (Å²) in [7, 11) is 0. The molecule has 0 amide bonds. The van der Waals surface area contributed by atoms with Crippen LogP contribution in [0.2, 0.25) is 0 Å². The van der Waals surface area contributed by atoms with Gasteiger partial charge in [0.2, 0.25) is 0 Å². The number of benzene rings is 1. The van der Waals surface area contributed by atoms with Gasteiger partial charge in [-0.25, -0.2) is 0 Å². The van der Waals surface area contributed by atoms with Crippen molar-refractivity contribution in [2.24, 2.45) is 0 Å². The summed E-state index contributed by atoms with van der Waals surface area (Å²) >= 11 is 0. The van der Waals surface area contributed by atoms with Gasteiger partial charge in [-0.2, -0.15) is 0 Å². The van der Waals surface area contributed by atoms with Crippen LogP contribution in [0.25, 0.3) is 11.0 Å². The first-order valence-electron chi connectivity index (χ1n) is 4.29. The monoisotopic (exact) mass is 176 g/mol. The van der Waals surface area contributed by atoms with Gasteiger partial charge in [-0.15, -0.1) is 0 Å². The molecule has 0 spiro atoms. The first kappa shape index (κ1) is 8.17. The van der Waals surface area contributed by atoms with E-state index in [1.54, 1.807) is 12.1 Å². The zero-order chi connectivity index (χ0) is 9.59. The van der Waals surface area contributed by atoms with Gasteiger partial charge in [0.05, 0.1) is 0 Å². The molecule has 0 saturated heterocycles. The predicted octanol–water partition coefficient (Wildman–Crippen LogP) is 3.06. The second-order valence-corrected chi connectivity index (χ2v) is 3.42. The molecule has 68 valence electrons. The van der Waals surface area contributed by atoms with Crippen LogP contribution >= 0.6 is 0 Å². The minimum atomic E-state index is 0.263. The highest BCUT2D eigenvalue weighted by Gasteiger charge is 2.09. The van der Waals surface area contributed by atoms with E-state index in [0.29, 0.717) is 0 Å². The minimum absolute atomic E-state index is 0.263. The third-order valence-corrected chi connectivity index (χ3v) is 2.45. The van der Waals surface area contributed by atoms with E-state index in [1.807, 2.05) is 20.8 Å². The van der Waals surface area contributed by atoms with Crippen molar-refractivity contribution in [1.82, 2.24) is 0 Å². The number of phenolic OH excluding ortho intramolecular Hbond substituents is 1. The quantitative estimate of drug-likeness (QED) is 0.669. The van der Waals surface area contributed by atoms with E-state index in [1.165, 1.54) is 0 Å². The van der Waals surface area contributed by atoms with Crippen LogP contribution < -0.4 is 0 Å². The molecular weight excluding hydrogens is 164 g/mol. The van der Waals surface area contributed by atoms with Gasteiger partial charge in [0.1, 0.15) is 17.1 Å². The maximum atomic E-state index is 9.35. The van der Waals surface area contributed by atoms with Crippen LogP contribution in [0.4, 0.5) is 0 Å². The second-order valence-electron chi connectivity index (χ2n) is 3.42. The Hall–Kier alpha value is -1.44. The molecule has 1 aromatic heterocycles. The molecule has 0 radical (unpaired) electrons. The molecular formula is C11H12O2. The lowest BCUT2D eigenvalue weighted by Crippen LogP contribution is -1.77. The van der Waals surface area contributed by atoms with E-state index in [0.717, 1.165) is 27.9 Å². The second kappa shape index (κ2) is 2.52. The Kier molecular flexibility index (Phi) is 1.59. The van der Waals surface area contributed by atoms with Crippen molar-refractivity contribution in [3.05, 3.63) is 29.0 Å². The number of hydrogen-bond donors (Lipinski definition) is 1. The van der Waals surface area contributed by atoms with Crippen LogP contribution in [-0.4, -0.2) is 5.11 Å². The number of phenols is 1. The van der Waals surface area contributed by atoms with Crippen molar-refractivity contribution >= 4 is 11.0 Å². The molecule has 1 heterocycles. The third kappa shape index (κ3) is 1.10.